The fraction of sp³-hybridized carbons (Fsp3) is 0.619. The number of carbonyl (C=O) groups is 1. The number of aromatic hydroxyl groups is 1. The molecule has 6 N–H and O–H groups in total. The highest BCUT2D eigenvalue weighted by molar-refractivity contribution is 8.14. The summed E-state index contributed by atoms with van der Waals surface area (Å²) in [4.78, 5) is 15.6. The van der Waals surface area contributed by atoms with Gasteiger partial charge in [0.05, 0.1) is 26.4 Å². The van der Waals surface area contributed by atoms with E-state index in [0.717, 1.165) is 0 Å². The molecule has 0 saturated carbocycles. The lowest BCUT2D eigenvalue weighted by Crippen LogP contribution is -2.59. The highest BCUT2D eigenvalue weighted by Gasteiger charge is 2.44. The van der Waals surface area contributed by atoms with E-state index in [1.54, 1.807) is 12.1 Å². The second-order valence-electron chi connectivity index (χ2n) is 7.99. The van der Waals surface area contributed by atoms with Crippen LogP contribution in [0.2, 0.25) is 0 Å². The Morgan fingerprint density at radius 1 is 1.18 bits per heavy atom. The second-order valence-corrected chi connectivity index (χ2v) is 8.96. The summed E-state index contributed by atoms with van der Waals surface area (Å²) in [6.07, 6.45) is -6.68. The molecule has 1 aromatic carbocycles. The predicted molar refractivity (Wildman–Crippen MR) is 119 cm³/mol. The standard InChI is InChI=1S/C21H29NO11S/c1-21(20(28)29)10-34-18(22-21)12-3-2-11(8-13(12)24)31-6-4-30-5-7-32-19-17(27)16(26)15(25)14(9-23)33-19/h2-3,8,14-17,19,23-27H,4-7,9-10H2,1H3,(H,28,29)/t14?,15-,16+,17?,19+,21+/m0/s1. The van der Waals surface area contributed by atoms with Crippen LogP contribution in [0.5, 0.6) is 11.5 Å². The van der Waals surface area contributed by atoms with E-state index in [-0.39, 0.29) is 37.9 Å². The monoisotopic (exact) mass is 503 g/mol. The summed E-state index contributed by atoms with van der Waals surface area (Å²) < 4.78 is 21.4. The van der Waals surface area contributed by atoms with Crippen molar-refractivity contribution in [3.63, 3.8) is 0 Å². The zero-order valence-electron chi connectivity index (χ0n) is 18.4. The molecule has 2 unspecified atom stereocenters. The first-order valence-corrected chi connectivity index (χ1v) is 11.6. The van der Waals surface area contributed by atoms with Gasteiger partial charge in [-0.1, -0.05) is 0 Å². The van der Waals surface area contributed by atoms with Gasteiger partial charge in [0.15, 0.2) is 11.8 Å². The zero-order chi connectivity index (χ0) is 24.9. The van der Waals surface area contributed by atoms with Crippen LogP contribution in [0.1, 0.15) is 12.5 Å². The lowest BCUT2D eigenvalue weighted by atomic mass is 9.99. The number of benzene rings is 1. The summed E-state index contributed by atoms with van der Waals surface area (Å²) in [5.41, 5.74) is -0.783. The number of hydrogen-bond donors (Lipinski definition) is 6. The molecule has 1 aromatic rings. The first-order valence-electron chi connectivity index (χ1n) is 10.6. The molecule has 190 valence electrons. The number of ether oxygens (including phenoxy) is 4. The van der Waals surface area contributed by atoms with Crippen LogP contribution in [0.3, 0.4) is 0 Å². The number of aliphatic imine (C=N–C) groups is 1. The summed E-state index contributed by atoms with van der Waals surface area (Å²) in [5, 5.41) is 58.5. The Labute approximate surface area is 199 Å². The minimum Gasteiger partial charge on any atom is -0.507 e. The maximum atomic E-state index is 11.3. The molecule has 1 saturated heterocycles. The van der Waals surface area contributed by atoms with Crippen LogP contribution in [-0.2, 0) is 19.0 Å². The number of thioether (sulfide) groups is 1. The van der Waals surface area contributed by atoms with Gasteiger partial charge in [0.2, 0.25) is 0 Å². The van der Waals surface area contributed by atoms with Gasteiger partial charge >= 0.3 is 5.97 Å². The van der Waals surface area contributed by atoms with Gasteiger partial charge in [-0.25, -0.2) is 4.79 Å². The van der Waals surface area contributed by atoms with Gasteiger partial charge in [0.1, 0.15) is 47.6 Å². The number of hydrogen-bond acceptors (Lipinski definition) is 12. The third-order valence-electron chi connectivity index (χ3n) is 5.35. The molecule has 0 amide bonds. The van der Waals surface area contributed by atoms with Gasteiger partial charge in [-0.2, -0.15) is 0 Å². The summed E-state index contributed by atoms with van der Waals surface area (Å²) in [7, 11) is 0. The Morgan fingerprint density at radius 3 is 2.56 bits per heavy atom. The lowest BCUT2D eigenvalue weighted by Gasteiger charge is -2.39. The molecule has 13 heteroatoms. The quantitative estimate of drug-likeness (QED) is 0.201. The number of aliphatic hydroxyl groups is 4. The third kappa shape index (κ3) is 6.17. The van der Waals surface area contributed by atoms with Crippen molar-refractivity contribution in [2.75, 3.05) is 38.8 Å². The van der Waals surface area contributed by atoms with Crippen molar-refractivity contribution in [3.05, 3.63) is 23.8 Å². The minimum atomic E-state index is -1.51. The zero-order valence-corrected chi connectivity index (χ0v) is 19.3. The summed E-state index contributed by atoms with van der Waals surface area (Å²) in [6, 6.07) is 4.66. The molecular weight excluding hydrogens is 474 g/mol. The number of carboxylic acid groups (broad SMARTS) is 1. The number of phenolic OH excluding ortho intramolecular Hbond substituents is 1. The largest absolute Gasteiger partial charge is 0.507 e. The molecule has 0 aliphatic carbocycles. The van der Waals surface area contributed by atoms with Crippen LogP contribution in [0, 0.1) is 0 Å². The topological polar surface area (TPSA) is 188 Å². The molecule has 0 radical (unpaired) electrons. The van der Waals surface area contributed by atoms with E-state index in [9.17, 15) is 30.3 Å². The minimum absolute atomic E-state index is 0.0210. The second kappa shape index (κ2) is 11.6. The summed E-state index contributed by atoms with van der Waals surface area (Å²) in [6.45, 7) is 1.50. The first-order chi connectivity index (χ1) is 16.2. The molecule has 34 heavy (non-hydrogen) atoms. The van der Waals surface area contributed by atoms with Crippen molar-refractivity contribution in [1.82, 2.24) is 0 Å². The van der Waals surface area contributed by atoms with Crippen molar-refractivity contribution < 1.29 is 54.4 Å². The molecule has 2 aliphatic heterocycles. The molecule has 6 atom stereocenters. The number of nitrogens with zero attached hydrogens (tertiary/aromatic N) is 1. The Kier molecular flexibility index (Phi) is 9.12. The van der Waals surface area contributed by atoms with Gasteiger partial charge in [0.25, 0.3) is 0 Å². The number of carboxylic acids is 1. The maximum absolute atomic E-state index is 11.3. The van der Waals surface area contributed by atoms with E-state index in [2.05, 4.69) is 4.99 Å². The van der Waals surface area contributed by atoms with Crippen LogP contribution in [-0.4, -0.2) is 117 Å². The first kappa shape index (κ1) is 26.6. The lowest BCUT2D eigenvalue weighted by molar-refractivity contribution is -0.302. The van der Waals surface area contributed by atoms with Crippen molar-refractivity contribution in [2.45, 2.75) is 43.2 Å². The van der Waals surface area contributed by atoms with Crippen LogP contribution in [0.25, 0.3) is 0 Å². The number of rotatable bonds is 11. The Bertz CT molecular complexity index is 882. The van der Waals surface area contributed by atoms with E-state index in [1.165, 1.54) is 24.8 Å². The molecule has 0 aromatic heterocycles. The van der Waals surface area contributed by atoms with E-state index in [1.807, 2.05) is 0 Å². The third-order valence-corrected chi connectivity index (χ3v) is 6.64. The Hall–Kier alpha value is -1.97. The van der Waals surface area contributed by atoms with E-state index in [0.29, 0.717) is 16.4 Å². The molecule has 0 bridgehead atoms. The molecular formula is C21H29NO11S. The summed E-state index contributed by atoms with van der Waals surface area (Å²) in [5.74, 6) is -0.417. The highest BCUT2D eigenvalue weighted by Crippen LogP contribution is 2.35. The molecule has 1 fully saturated rings. The van der Waals surface area contributed by atoms with Gasteiger partial charge in [-0.05, 0) is 19.1 Å². The Morgan fingerprint density at radius 2 is 1.91 bits per heavy atom. The average Bonchev–Trinajstić information content (AvgIpc) is 3.21. The molecule has 2 aliphatic rings. The maximum Gasteiger partial charge on any atom is 0.332 e. The summed E-state index contributed by atoms with van der Waals surface area (Å²) >= 11 is 1.26. The van der Waals surface area contributed by atoms with E-state index >= 15 is 0 Å². The van der Waals surface area contributed by atoms with Crippen molar-refractivity contribution in [1.29, 1.82) is 0 Å². The molecule has 3 rings (SSSR count). The van der Waals surface area contributed by atoms with Gasteiger partial charge in [-0.3, -0.25) is 4.99 Å². The van der Waals surface area contributed by atoms with Crippen LogP contribution >= 0.6 is 11.8 Å². The van der Waals surface area contributed by atoms with Crippen LogP contribution in [0.4, 0.5) is 0 Å². The molecule has 12 nitrogen and oxygen atoms in total. The molecule has 0 spiro atoms. The van der Waals surface area contributed by atoms with Crippen molar-refractivity contribution in [3.8, 4) is 11.5 Å². The fourth-order valence-corrected chi connectivity index (χ4v) is 4.48. The fourth-order valence-electron chi connectivity index (χ4n) is 3.28. The van der Waals surface area contributed by atoms with Crippen molar-refractivity contribution in [2.24, 2.45) is 4.99 Å². The predicted octanol–water partition coefficient (Wildman–Crippen LogP) is -1.06. The number of phenols is 1. The van der Waals surface area contributed by atoms with Crippen LogP contribution < -0.4 is 4.74 Å². The Balaban J connectivity index is 1.37. The number of aliphatic hydroxyl groups excluding tert-OH is 4. The van der Waals surface area contributed by atoms with Crippen LogP contribution in [0.15, 0.2) is 23.2 Å². The van der Waals surface area contributed by atoms with Crippen molar-refractivity contribution >= 4 is 22.8 Å². The molecule has 2 heterocycles. The van der Waals surface area contributed by atoms with Gasteiger partial charge in [0, 0.05) is 17.4 Å². The SMILES string of the molecule is C[C@]1(C(=O)O)CSC(c2ccc(OCCOCCO[C@@H]3OC(CO)[C@H](O)[C@@H](O)C3O)cc2O)=N1. The smallest absolute Gasteiger partial charge is 0.332 e. The van der Waals surface area contributed by atoms with Gasteiger partial charge in [-0.15, -0.1) is 11.8 Å². The van der Waals surface area contributed by atoms with Gasteiger partial charge < -0.3 is 49.6 Å². The normalized spacial score (nSPS) is 31.3. The number of aliphatic carboxylic acids is 1. The average molecular weight is 504 g/mol. The van der Waals surface area contributed by atoms with E-state index < -0.39 is 48.8 Å². The van der Waals surface area contributed by atoms with E-state index in [4.69, 9.17) is 24.1 Å². The highest BCUT2D eigenvalue weighted by atomic mass is 32.2.